The fourth-order valence-electron chi connectivity index (χ4n) is 2.33. The molecule has 116 valence electrons. The number of nitrogens with zero attached hydrogens (tertiary/aromatic N) is 3. The van der Waals surface area contributed by atoms with Gasteiger partial charge in [0.25, 0.3) is 0 Å². The smallest absolute Gasteiger partial charge is 0.400 e. The van der Waals surface area contributed by atoms with Crippen LogP contribution >= 0.6 is 0 Å². The van der Waals surface area contributed by atoms with Gasteiger partial charge < -0.3 is 14.4 Å². The maximum absolute atomic E-state index is 9.72. The van der Waals surface area contributed by atoms with Gasteiger partial charge in [0, 0.05) is 18.0 Å². The maximum Gasteiger partial charge on any atom is 0.492 e. The Labute approximate surface area is 129 Å². The van der Waals surface area contributed by atoms with E-state index in [1.54, 1.807) is 16.9 Å². The third-order valence-electron chi connectivity index (χ3n) is 4.39. The molecule has 2 aromatic rings. The molecule has 0 aliphatic carbocycles. The van der Waals surface area contributed by atoms with Gasteiger partial charge in [-0.1, -0.05) is 6.08 Å². The lowest BCUT2D eigenvalue weighted by atomic mass is 9.77. The van der Waals surface area contributed by atoms with Crippen molar-refractivity contribution in [3.8, 4) is 0 Å². The van der Waals surface area contributed by atoms with Crippen molar-refractivity contribution in [2.75, 3.05) is 6.61 Å². The SMILES string of the molecule is CC1(C)OB(C(=Cc2cnn3cccnc23)CO)OC1(C)C. The number of fused-ring (bicyclic) bond motifs is 1. The summed E-state index contributed by atoms with van der Waals surface area (Å²) in [6.45, 7) is 7.79. The molecule has 6 nitrogen and oxygen atoms in total. The Kier molecular flexibility index (Phi) is 3.59. The molecule has 0 amide bonds. The summed E-state index contributed by atoms with van der Waals surface area (Å²) in [5.74, 6) is 0. The van der Waals surface area contributed by atoms with E-state index in [0.29, 0.717) is 5.47 Å². The minimum Gasteiger partial charge on any atom is -0.400 e. The van der Waals surface area contributed by atoms with Crippen LogP contribution in [0.2, 0.25) is 0 Å². The highest BCUT2D eigenvalue weighted by Gasteiger charge is 2.52. The van der Waals surface area contributed by atoms with Gasteiger partial charge in [0.15, 0.2) is 5.65 Å². The predicted octanol–water partition coefficient (Wildman–Crippen LogP) is 1.74. The second kappa shape index (κ2) is 5.19. The lowest BCUT2D eigenvalue weighted by molar-refractivity contribution is 0.00578. The Morgan fingerprint density at radius 1 is 1.32 bits per heavy atom. The molecule has 0 aromatic carbocycles. The second-order valence-electron chi connectivity index (χ2n) is 6.45. The highest BCUT2D eigenvalue weighted by atomic mass is 16.7. The van der Waals surface area contributed by atoms with E-state index in [1.165, 1.54) is 0 Å². The van der Waals surface area contributed by atoms with Crippen LogP contribution in [0.25, 0.3) is 11.7 Å². The zero-order valence-corrected chi connectivity index (χ0v) is 13.3. The minimum absolute atomic E-state index is 0.152. The number of aliphatic hydroxyl groups excluding tert-OH is 1. The first kappa shape index (κ1) is 15.2. The first-order valence-electron chi connectivity index (χ1n) is 7.29. The molecule has 7 heteroatoms. The van der Waals surface area contributed by atoms with E-state index in [0.717, 1.165) is 11.2 Å². The number of aliphatic hydroxyl groups is 1. The van der Waals surface area contributed by atoms with Gasteiger partial charge in [-0.25, -0.2) is 9.50 Å². The average molecular weight is 301 g/mol. The molecule has 0 saturated carbocycles. The monoisotopic (exact) mass is 301 g/mol. The van der Waals surface area contributed by atoms with Gasteiger partial charge in [0.1, 0.15) is 0 Å². The Morgan fingerprint density at radius 2 is 2.00 bits per heavy atom. The molecule has 1 N–H and O–H groups in total. The Balaban J connectivity index is 1.95. The summed E-state index contributed by atoms with van der Waals surface area (Å²) in [7, 11) is -0.575. The molecule has 0 bridgehead atoms. The van der Waals surface area contributed by atoms with Gasteiger partial charge in [-0.2, -0.15) is 5.10 Å². The third-order valence-corrected chi connectivity index (χ3v) is 4.39. The van der Waals surface area contributed by atoms with Crippen molar-refractivity contribution in [2.24, 2.45) is 0 Å². The van der Waals surface area contributed by atoms with Crippen LogP contribution in [0, 0.1) is 0 Å². The van der Waals surface area contributed by atoms with Gasteiger partial charge in [-0.3, -0.25) is 0 Å². The van der Waals surface area contributed by atoms with Crippen LogP contribution < -0.4 is 0 Å². The third kappa shape index (κ3) is 2.45. The summed E-state index contributed by atoms with van der Waals surface area (Å²) in [5, 5.41) is 14.0. The molecule has 22 heavy (non-hydrogen) atoms. The van der Waals surface area contributed by atoms with E-state index < -0.39 is 18.3 Å². The van der Waals surface area contributed by atoms with Crippen LogP contribution in [-0.4, -0.2) is 44.6 Å². The Morgan fingerprint density at radius 3 is 2.64 bits per heavy atom. The molecule has 1 aliphatic rings. The van der Waals surface area contributed by atoms with Gasteiger partial charge in [-0.05, 0) is 39.2 Å². The molecule has 1 saturated heterocycles. The van der Waals surface area contributed by atoms with Crippen LogP contribution in [0.15, 0.2) is 30.1 Å². The van der Waals surface area contributed by atoms with Gasteiger partial charge >= 0.3 is 7.12 Å². The van der Waals surface area contributed by atoms with Crippen LogP contribution in [0.1, 0.15) is 33.3 Å². The van der Waals surface area contributed by atoms with E-state index in [9.17, 15) is 5.11 Å². The molecule has 0 unspecified atom stereocenters. The second-order valence-corrected chi connectivity index (χ2v) is 6.45. The van der Waals surface area contributed by atoms with Crippen molar-refractivity contribution in [1.29, 1.82) is 0 Å². The maximum atomic E-state index is 9.72. The highest BCUT2D eigenvalue weighted by Crippen LogP contribution is 2.38. The molecule has 3 heterocycles. The van der Waals surface area contributed by atoms with E-state index in [1.807, 2.05) is 46.0 Å². The van der Waals surface area contributed by atoms with E-state index >= 15 is 0 Å². The zero-order chi connectivity index (χ0) is 16.0. The molecule has 3 rings (SSSR count). The highest BCUT2D eigenvalue weighted by molar-refractivity contribution is 6.55. The summed E-state index contributed by atoms with van der Waals surface area (Å²) >= 11 is 0. The van der Waals surface area contributed by atoms with Crippen LogP contribution in [0.5, 0.6) is 0 Å². The standard InChI is InChI=1S/C15H20BN3O3/c1-14(2)15(3,4)22-16(21-14)12(10-20)8-11-9-18-19-7-5-6-17-13(11)19/h5-9,20H,10H2,1-4H3. The molecule has 0 spiro atoms. The first-order valence-corrected chi connectivity index (χ1v) is 7.29. The molecule has 0 radical (unpaired) electrons. The van der Waals surface area contributed by atoms with E-state index in [2.05, 4.69) is 10.1 Å². The fraction of sp³-hybridized carbons (Fsp3) is 0.467. The van der Waals surface area contributed by atoms with Crippen LogP contribution in [0.4, 0.5) is 0 Å². The zero-order valence-electron chi connectivity index (χ0n) is 13.3. The Bertz CT molecular complexity index is 708. The van der Waals surface area contributed by atoms with Crippen molar-refractivity contribution in [3.63, 3.8) is 0 Å². The summed E-state index contributed by atoms with van der Waals surface area (Å²) in [6, 6.07) is 1.81. The van der Waals surface area contributed by atoms with Gasteiger partial charge in [0.2, 0.25) is 0 Å². The number of rotatable bonds is 3. The largest absolute Gasteiger partial charge is 0.492 e. The fourth-order valence-corrected chi connectivity index (χ4v) is 2.33. The molecular formula is C15H20BN3O3. The van der Waals surface area contributed by atoms with E-state index in [-0.39, 0.29) is 6.61 Å². The van der Waals surface area contributed by atoms with Crippen molar-refractivity contribution < 1.29 is 14.4 Å². The van der Waals surface area contributed by atoms with Crippen molar-refractivity contribution in [2.45, 2.75) is 38.9 Å². The molecule has 0 atom stereocenters. The topological polar surface area (TPSA) is 68.9 Å². The molecular weight excluding hydrogens is 281 g/mol. The minimum atomic E-state index is -0.575. The first-order chi connectivity index (χ1) is 10.3. The average Bonchev–Trinajstić information content (AvgIpc) is 2.95. The van der Waals surface area contributed by atoms with Crippen molar-refractivity contribution in [1.82, 2.24) is 14.6 Å². The lowest BCUT2D eigenvalue weighted by Crippen LogP contribution is -2.41. The predicted molar refractivity (Wildman–Crippen MR) is 84.1 cm³/mol. The normalized spacial score (nSPS) is 20.8. The van der Waals surface area contributed by atoms with Crippen LogP contribution in [0.3, 0.4) is 0 Å². The lowest BCUT2D eigenvalue weighted by Gasteiger charge is -2.32. The number of hydrogen-bond acceptors (Lipinski definition) is 5. The summed E-state index contributed by atoms with van der Waals surface area (Å²) < 4.78 is 13.6. The number of hydrogen-bond donors (Lipinski definition) is 1. The van der Waals surface area contributed by atoms with Crippen molar-refractivity contribution >= 4 is 18.8 Å². The molecule has 1 fully saturated rings. The van der Waals surface area contributed by atoms with Crippen molar-refractivity contribution in [3.05, 3.63) is 35.7 Å². The molecule has 2 aromatic heterocycles. The quantitative estimate of drug-likeness (QED) is 0.875. The van der Waals surface area contributed by atoms with Crippen LogP contribution in [-0.2, 0) is 9.31 Å². The van der Waals surface area contributed by atoms with Gasteiger partial charge in [-0.15, -0.1) is 0 Å². The number of aromatic nitrogens is 3. The van der Waals surface area contributed by atoms with Gasteiger partial charge in [0.05, 0.1) is 24.0 Å². The molecule has 1 aliphatic heterocycles. The Hall–Kier alpha value is -1.70. The summed E-state index contributed by atoms with van der Waals surface area (Å²) in [6.07, 6.45) is 7.08. The summed E-state index contributed by atoms with van der Waals surface area (Å²) in [4.78, 5) is 4.30. The van der Waals surface area contributed by atoms with E-state index in [4.69, 9.17) is 9.31 Å². The summed E-state index contributed by atoms with van der Waals surface area (Å²) in [5.41, 5.74) is 1.32.